The van der Waals surface area contributed by atoms with E-state index in [0.717, 1.165) is 31.6 Å². The van der Waals surface area contributed by atoms with Crippen LogP contribution in [0.3, 0.4) is 0 Å². The summed E-state index contributed by atoms with van der Waals surface area (Å²) in [6.45, 7) is 0.952. The van der Waals surface area contributed by atoms with Crippen molar-refractivity contribution in [3.8, 4) is 0 Å². The SMILES string of the molecule is O=C(O)c1ccc(S(=O)(=O)NCCC2CCCO2)o1. The van der Waals surface area contributed by atoms with Crippen LogP contribution in [-0.2, 0) is 14.8 Å². The molecule has 1 unspecified atom stereocenters. The number of furan rings is 1. The van der Waals surface area contributed by atoms with Crippen LogP contribution >= 0.6 is 0 Å². The molecule has 0 spiro atoms. The van der Waals surface area contributed by atoms with Gasteiger partial charge in [0, 0.05) is 13.2 Å². The Morgan fingerprint density at radius 3 is 2.84 bits per heavy atom. The highest BCUT2D eigenvalue weighted by molar-refractivity contribution is 7.89. The van der Waals surface area contributed by atoms with Gasteiger partial charge in [0.15, 0.2) is 0 Å². The summed E-state index contributed by atoms with van der Waals surface area (Å²) in [4.78, 5) is 10.6. The van der Waals surface area contributed by atoms with Crippen molar-refractivity contribution in [2.24, 2.45) is 0 Å². The number of aromatic carboxylic acids is 1. The maximum Gasteiger partial charge on any atom is 0.371 e. The fourth-order valence-corrected chi connectivity index (χ4v) is 2.85. The van der Waals surface area contributed by atoms with Gasteiger partial charge in [0.1, 0.15) is 0 Å². The number of rotatable bonds is 6. The molecule has 0 bridgehead atoms. The number of nitrogens with one attached hydrogen (secondary N) is 1. The van der Waals surface area contributed by atoms with Gasteiger partial charge in [-0.15, -0.1) is 0 Å². The van der Waals surface area contributed by atoms with Crippen LogP contribution in [-0.4, -0.2) is 38.7 Å². The number of carbonyl (C=O) groups is 1. The van der Waals surface area contributed by atoms with Crippen molar-refractivity contribution in [2.75, 3.05) is 13.2 Å². The van der Waals surface area contributed by atoms with E-state index in [1.54, 1.807) is 0 Å². The van der Waals surface area contributed by atoms with Crippen LogP contribution in [0.15, 0.2) is 21.6 Å². The van der Waals surface area contributed by atoms with Gasteiger partial charge in [-0.3, -0.25) is 0 Å². The van der Waals surface area contributed by atoms with E-state index in [-0.39, 0.29) is 12.6 Å². The molecule has 1 fully saturated rings. The first kappa shape index (κ1) is 14.0. The molecule has 0 saturated carbocycles. The molecule has 0 aromatic carbocycles. The Morgan fingerprint density at radius 2 is 2.26 bits per heavy atom. The molecule has 7 nitrogen and oxygen atoms in total. The van der Waals surface area contributed by atoms with Crippen molar-refractivity contribution in [1.29, 1.82) is 0 Å². The highest BCUT2D eigenvalue weighted by atomic mass is 32.2. The fourth-order valence-electron chi connectivity index (χ4n) is 1.88. The van der Waals surface area contributed by atoms with E-state index < -0.39 is 26.8 Å². The lowest BCUT2D eigenvalue weighted by Gasteiger charge is -2.09. The van der Waals surface area contributed by atoms with Gasteiger partial charge in [0.2, 0.25) is 10.9 Å². The highest BCUT2D eigenvalue weighted by Gasteiger charge is 2.22. The number of hydrogen-bond donors (Lipinski definition) is 2. The summed E-state index contributed by atoms with van der Waals surface area (Å²) in [7, 11) is -3.80. The van der Waals surface area contributed by atoms with Crippen LogP contribution in [0.2, 0.25) is 0 Å². The lowest BCUT2D eigenvalue weighted by atomic mass is 10.2. The van der Waals surface area contributed by atoms with Crippen molar-refractivity contribution >= 4 is 16.0 Å². The number of hydrogen-bond acceptors (Lipinski definition) is 5. The third-order valence-corrected chi connectivity index (χ3v) is 4.17. The van der Waals surface area contributed by atoms with Crippen molar-refractivity contribution in [3.05, 3.63) is 17.9 Å². The summed E-state index contributed by atoms with van der Waals surface area (Å²) in [5.74, 6) is -1.71. The van der Waals surface area contributed by atoms with Gasteiger partial charge in [-0.25, -0.2) is 17.9 Å². The zero-order valence-electron chi connectivity index (χ0n) is 10.2. The Kier molecular flexibility index (Phi) is 4.23. The number of sulfonamides is 1. The standard InChI is InChI=1S/C11H15NO6S/c13-11(14)9-3-4-10(18-9)19(15,16)12-6-5-8-2-1-7-17-8/h3-4,8,12H,1-2,5-7H2,(H,13,14). The van der Waals surface area contributed by atoms with Crippen LogP contribution < -0.4 is 4.72 Å². The highest BCUT2D eigenvalue weighted by Crippen LogP contribution is 2.16. The van der Waals surface area contributed by atoms with E-state index in [9.17, 15) is 13.2 Å². The third-order valence-electron chi connectivity index (χ3n) is 2.84. The van der Waals surface area contributed by atoms with E-state index in [4.69, 9.17) is 14.3 Å². The fraction of sp³-hybridized carbons (Fsp3) is 0.545. The summed E-state index contributed by atoms with van der Waals surface area (Å²) in [5.41, 5.74) is 0. The number of carboxylic acid groups (broad SMARTS) is 1. The van der Waals surface area contributed by atoms with Crippen LogP contribution in [0.25, 0.3) is 0 Å². The average Bonchev–Trinajstić information content (AvgIpc) is 2.99. The van der Waals surface area contributed by atoms with Gasteiger partial charge in [-0.1, -0.05) is 0 Å². The van der Waals surface area contributed by atoms with Gasteiger partial charge in [-0.2, -0.15) is 0 Å². The minimum Gasteiger partial charge on any atom is -0.475 e. The maximum atomic E-state index is 11.8. The lowest BCUT2D eigenvalue weighted by molar-refractivity contribution is 0.0656. The second kappa shape index (κ2) is 5.72. The molecule has 106 valence electrons. The molecule has 0 aliphatic carbocycles. The third kappa shape index (κ3) is 3.55. The zero-order chi connectivity index (χ0) is 13.9. The van der Waals surface area contributed by atoms with Crippen LogP contribution in [0.5, 0.6) is 0 Å². The van der Waals surface area contributed by atoms with E-state index in [1.807, 2.05) is 0 Å². The summed E-state index contributed by atoms with van der Waals surface area (Å²) >= 11 is 0. The van der Waals surface area contributed by atoms with E-state index in [1.165, 1.54) is 0 Å². The van der Waals surface area contributed by atoms with Gasteiger partial charge >= 0.3 is 5.97 Å². The molecule has 2 heterocycles. The predicted octanol–water partition coefficient (Wildman–Crippen LogP) is 0.825. The second-order valence-electron chi connectivity index (χ2n) is 4.25. The Hall–Kier alpha value is -1.38. The Morgan fingerprint density at radius 1 is 1.47 bits per heavy atom. The van der Waals surface area contributed by atoms with E-state index in [2.05, 4.69) is 4.72 Å². The average molecular weight is 289 g/mol. The van der Waals surface area contributed by atoms with E-state index in [0.29, 0.717) is 6.42 Å². The molecular formula is C11H15NO6S. The summed E-state index contributed by atoms with van der Waals surface area (Å²) < 4.78 is 36.1. The smallest absolute Gasteiger partial charge is 0.371 e. The molecule has 1 atom stereocenters. The molecule has 0 radical (unpaired) electrons. The first-order valence-corrected chi connectivity index (χ1v) is 7.42. The quantitative estimate of drug-likeness (QED) is 0.803. The maximum absolute atomic E-state index is 11.8. The molecule has 1 aliphatic rings. The molecule has 1 aromatic heterocycles. The molecule has 19 heavy (non-hydrogen) atoms. The summed E-state index contributed by atoms with van der Waals surface area (Å²) in [6.07, 6.45) is 2.61. The predicted molar refractivity (Wildman–Crippen MR) is 64.4 cm³/mol. The van der Waals surface area contributed by atoms with Crippen LogP contribution in [0.4, 0.5) is 0 Å². The summed E-state index contributed by atoms with van der Waals surface area (Å²) in [6, 6.07) is 2.23. The van der Waals surface area contributed by atoms with Gasteiger partial charge in [0.05, 0.1) is 6.10 Å². The zero-order valence-corrected chi connectivity index (χ0v) is 11.0. The second-order valence-corrected chi connectivity index (χ2v) is 5.94. The molecule has 1 aliphatic heterocycles. The van der Waals surface area contributed by atoms with Gasteiger partial charge in [0.25, 0.3) is 10.0 Å². The molecular weight excluding hydrogens is 274 g/mol. The number of ether oxygens (including phenoxy) is 1. The van der Waals surface area contributed by atoms with Crippen molar-refractivity contribution in [1.82, 2.24) is 4.72 Å². The van der Waals surface area contributed by atoms with Gasteiger partial charge in [-0.05, 0) is 31.4 Å². The number of carboxylic acids is 1. The summed E-state index contributed by atoms with van der Waals surface area (Å²) in [5, 5.41) is 8.27. The molecule has 8 heteroatoms. The first-order valence-electron chi connectivity index (χ1n) is 5.93. The van der Waals surface area contributed by atoms with Crippen molar-refractivity contribution in [3.63, 3.8) is 0 Å². The molecule has 1 aromatic rings. The monoisotopic (exact) mass is 289 g/mol. The first-order chi connectivity index (χ1) is 8.99. The molecule has 2 N–H and O–H groups in total. The minimum atomic E-state index is -3.80. The van der Waals surface area contributed by atoms with Crippen molar-refractivity contribution < 1.29 is 27.5 Å². The Labute approximate surface area is 110 Å². The Bertz CT molecular complexity index is 543. The topological polar surface area (TPSA) is 106 Å². The van der Waals surface area contributed by atoms with E-state index >= 15 is 0 Å². The van der Waals surface area contributed by atoms with Crippen LogP contribution in [0, 0.1) is 0 Å². The minimum absolute atomic E-state index is 0.0916. The molecule has 2 rings (SSSR count). The largest absolute Gasteiger partial charge is 0.475 e. The van der Waals surface area contributed by atoms with Crippen LogP contribution in [0.1, 0.15) is 29.8 Å². The normalized spacial score (nSPS) is 19.7. The Balaban J connectivity index is 1.91. The van der Waals surface area contributed by atoms with Crippen molar-refractivity contribution in [2.45, 2.75) is 30.5 Å². The lowest BCUT2D eigenvalue weighted by Crippen LogP contribution is -2.27. The molecule has 0 amide bonds. The molecule has 1 saturated heterocycles. The van der Waals surface area contributed by atoms with Gasteiger partial charge < -0.3 is 14.3 Å².